The molecule has 0 fully saturated rings. The van der Waals surface area contributed by atoms with Gasteiger partial charge in [0.15, 0.2) is 7.14 Å². The van der Waals surface area contributed by atoms with E-state index >= 15 is 4.57 Å². The maximum atomic E-state index is 15.6. The Morgan fingerprint density at radius 3 is 1.49 bits per heavy atom. The summed E-state index contributed by atoms with van der Waals surface area (Å²) in [6.07, 6.45) is 0. The molecule has 0 unspecified atom stereocenters. The highest BCUT2D eigenvalue weighted by Gasteiger charge is 2.31. The number of hydrogen-bond donors (Lipinski definition) is 0. The van der Waals surface area contributed by atoms with Gasteiger partial charge >= 0.3 is 0 Å². The summed E-state index contributed by atoms with van der Waals surface area (Å²) in [6.45, 7) is 0. The van der Waals surface area contributed by atoms with Gasteiger partial charge in [-0.15, -0.1) is 0 Å². The zero-order valence-corrected chi connectivity index (χ0v) is 32.3. The second-order valence-corrected chi connectivity index (χ2v) is 21.0. The molecule has 8 aromatic carbocycles. The molecule has 0 amide bonds. The summed E-state index contributed by atoms with van der Waals surface area (Å²) in [7, 11) is -3.25. The Bertz CT molecular complexity index is 3050. The van der Waals surface area contributed by atoms with E-state index in [1.807, 2.05) is 66.7 Å². The first kappa shape index (κ1) is 33.7. The van der Waals surface area contributed by atoms with Gasteiger partial charge in [0.1, 0.15) is 5.65 Å². The number of fused-ring (bicyclic) bond motifs is 8. The van der Waals surface area contributed by atoms with Crippen molar-refractivity contribution in [3.8, 4) is 11.1 Å². The molecule has 0 saturated heterocycles. The fraction of sp³-hybridized carbons (Fsp3) is 0. The first-order chi connectivity index (χ1) is 27.0. The highest BCUT2D eigenvalue weighted by atomic mass is 32.4. The molecule has 0 atom stereocenters. The summed E-state index contributed by atoms with van der Waals surface area (Å²) in [6, 6.07) is 68.5. The number of imidazole rings is 1. The third kappa shape index (κ3) is 5.44. The minimum atomic E-state index is -3.25. The number of pyridine rings is 1. The predicted molar refractivity (Wildman–Crippen MR) is 239 cm³/mol. The van der Waals surface area contributed by atoms with Gasteiger partial charge in [0.25, 0.3) is 0 Å². The molecule has 262 valence electrons. The Hall–Kier alpha value is -5.89. The molecule has 0 N–H and O–H groups in total. The van der Waals surface area contributed by atoms with E-state index in [9.17, 15) is 0 Å². The molecule has 0 aliphatic heterocycles. The van der Waals surface area contributed by atoms with Crippen molar-refractivity contribution in [1.29, 1.82) is 0 Å². The Morgan fingerprint density at radius 2 is 0.909 bits per heavy atom. The van der Waals surface area contributed by atoms with Gasteiger partial charge in [-0.25, -0.2) is 4.98 Å². The topological polar surface area (TPSA) is 34.4 Å². The monoisotopic (exact) mass is 760 g/mol. The number of aromatic nitrogens is 2. The quantitative estimate of drug-likeness (QED) is 0.120. The van der Waals surface area contributed by atoms with Crippen molar-refractivity contribution < 1.29 is 4.57 Å². The van der Waals surface area contributed by atoms with Crippen LogP contribution in [0.2, 0.25) is 0 Å². The molecule has 10 aromatic rings. The average molecular weight is 761 g/mol. The number of hydrogen-bond acceptors (Lipinski definition) is 3. The summed E-state index contributed by atoms with van der Waals surface area (Å²) in [5.74, 6) is 0. The van der Waals surface area contributed by atoms with Gasteiger partial charge in [0.05, 0.1) is 16.6 Å². The summed E-state index contributed by atoms with van der Waals surface area (Å²) >= 11 is 6.85. The summed E-state index contributed by atoms with van der Waals surface area (Å²) in [5, 5.41) is 8.88. The first-order valence-corrected chi connectivity index (χ1v) is 22.9. The SMILES string of the molecule is O=P(c1ccccc1)(c1ccccc1)c1ccc2c3ccc(P(=S)(c4ccccc4)c4ccccc4)cc3n3c4cc(-c5ccccc5)ccc4nc3c2c1. The van der Waals surface area contributed by atoms with E-state index < -0.39 is 13.2 Å². The van der Waals surface area contributed by atoms with Crippen molar-refractivity contribution in [3.05, 3.63) is 206 Å². The predicted octanol–water partition coefficient (Wildman–Crippen LogP) is 9.86. The van der Waals surface area contributed by atoms with Crippen LogP contribution in [-0.4, -0.2) is 9.38 Å². The molecule has 3 nitrogen and oxygen atoms in total. The highest BCUT2D eigenvalue weighted by molar-refractivity contribution is 8.25. The van der Waals surface area contributed by atoms with Crippen LogP contribution in [0.4, 0.5) is 0 Å². The van der Waals surface area contributed by atoms with Gasteiger partial charge in [-0.3, -0.25) is 4.40 Å². The first-order valence-electron chi connectivity index (χ1n) is 18.3. The highest BCUT2D eigenvalue weighted by Crippen LogP contribution is 2.46. The smallest absolute Gasteiger partial charge is 0.171 e. The van der Waals surface area contributed by atoms with Crippen molar-refractivity contribution in [3.63, 3.8) is 0 Å². The van der Waals surface area contributed by atoms with Gasteiger partial charge in [-0.1, -0.05) is 194 Å². The molecular weight excluding hydrogens is 727 g/mol. The van der Waals surface area contributed by atoms with Crippen LogP contribution in [0.3, 0.4) is 0 Å². The molecule has 2 heterocycles. The zero-order chi connectivity index (χ0) is 37.0. The van der Waals surface area contributed by atoms with Crippen LogP contribution in [0.25, 0.3) is 49.5 Å². The fourth-order valence-corrected chi connectivity index (χ4v) is 14.4. The van der Waals surface area contributed by atoms with Gasteiger partial charge in [0, 0.05) is 32.7 Å². The van der Waals surface area contributed by atoms with Gasteiger partial charge in [-0.05, 0) is 56.7 Å². The van der Waals surface area contributed by atoms with E-state index in [1.54, 1.807) is 0 Å². The minimum absolute atomic E-state index is 0.774. The maximum Gasteiger partial charge on any atom is 0.171 e. The summed E-state index contributed by atoms with van der Waals surface area (Å²) in [5.41, 5.74) is 6.02. The summed E-state index contributed by atoms with van der Waals surface area (Å²) < 4.78 is 17.9. The summed E-state index contributed by atoms with van der Waals surface area (Å²) in [4.78, 5) is 5.36. The fourth-order valence-electron chi connectivity index (χ4n) is 8.03. The van der Waals surface area contributed by atoms with Crippen molar-refractivity contribution in [2.24, 2.45) is 0 Å². The van der Waals surface area contributed by atoms with Crippen molar-refractivity contribution in [1.82, 2.24) is 9.38 Å². The van der Waals surface area contributed by atoms with Crippen LogP contribution in [0.15, 0.2) is 206 Å². The third-order valence-corrected chi connectivity index (χ3v) is 18.7. The number of nitrogens with zero attached hydrogens (tertiary/aromatic N) is 2. The van der Waals surface area contributed by atoms with Gasteiger partial charge in [0.2, 0.25) is 0 Å². The van der Waals surface area contributed by atoms with Crippen molar-refractivity contribution in [2.45, 2.75) is 0 Å². The second kappa shape index (κ2) is 13.4. The molecule has 0 radical (unpaired) electrons. The molecule has 0 bridgehead atoms. The Labute approximate surface area is 325 Å². The molecule has 2 aromatic heterocycles. The minimum Gasteiger partial charge on any atom is -0.309 e. The van der Waals surface area contributed by atoms with Crippen LogP contribution in [0, 0.1) is 0 Å². The van der Waals surface area contributed by atoms with Crippen molar-refractivity contribution in [2.75, 3.05) is 0 Å². The van der Waals surface area contributed by atoms with E-state index in [-0.39, 0.29) is 0 Å². The number of benzene rings is 8. The third-order valence-electron chi connectivity index (χ3n) is 10.7. The van der Waals surface area contributed by atoms with Crippen LogP contribution >= 0.6 is 13.2 Å². The molecular formula is C49H34N2OP2S. The lowest BCUT2D eigenvalue weighted by molar-refractivity contribution is 0.592. The largest absolute Gasteiger partial charge is 0.309 e. The molecule has 10 rings (SSSR count). The Morgan fingerprint density at radius 1 is 0.400 bits per heavy atom. The molecule has 6 heteroatoms. The molecule has 0 aliphatic carbocycles. The average Bonchev–Trinajstić information content (AvgIpc) is 3.66. The molecule has 0 aliphatic rings. The van der Waals surface area contributed by atoms with E-state index in [1.165, 1.54) is 0 Å². The van der Waals surface area contributed by atoms with Crippen LogP contribution in [-0.2, 0) is 16.4 Å². The molecule has 0 spiro atoms. The lowest BCUT2D eigenvalue weighted by atomic mass is 10.0. The number of rotatable bonds is 7. The van der Waals surface area contributed by atoms with Crippen molar-refractivity contribution >= 4 is 95.2 Å². The second-order valence-electron chi connectivity index (χ2n) is 13.8. The molecule has 55 heavy (non-hydrogen) atoms. The van der Waals surface area contributed by atoms with Gasteiger partial charge in [-0.2, -0.15) is 0 Å². The van der Waals surface area contributed by atoms with Crippen LogP contribution < -0.4 is 31.8 Å². The maximum absolute atomic E-state index is 15.6. The zero-order valence-electron chi connectivity index (χ0n) is 29.7. The van der Waals surface area contributed by atoms with Gasteiger partial charge < -0.3 is 4.57 Å². The normalized spacial score (nSPS) is 12.1. The molecule has 0 saturated carbocycles. The Balaban J connectivity index is 1.31. The lowest BCUT2D eigenvalue weighted by Gasteiger charge is -2.25. The standard InChI is InChI=1S/C49H34N2OP2S/c52-53(37-18-8-2-9-19-37,38-20-10-3-11-21-38)41-27-29-43-44-30-28-42(54(55,39-22-12-4-13-23-39)40-24-14-5-15-25-40)34-47(44)51-48-32-36(35-16-6-1-7-17-35)26-31-46(48)50-49(51)45(43)33-41/h1-34H. The van der Waals surface area contributed by atoms with E-state index in [2.05, 4.69) is 144 Å². The van der Waals surface area contributed by atoms with Crippen LogP contribution in [0.5, 0.6) is 0 Å². The van der Waals surface area contributed by atoms with E-state index in [0.717, 1.165) is 81.3 Å². The Kier molecular flexibility index (Phi) is 8.23. The van der Waals surface area contributed by atoms with Crippen LogP contribution in [0.1, 0.15) is 0 Å². The lowest BCUT2D eigenvalue weighted by Crippen LogP contribution is -2.25. The van der Waals surface area contributed by atoms with E-state index in [0.29, 0.717) is 0 Å². The van der Waals surface area contributed by atoms with E-state index in [4.69, 9.17) is 16.8 Å².